The highest BCUT2D eigenvalue weighted by molar-refractivity contribution is 7.90. The van der Waals surface area contributed by atoms with E-state index in [0.29, 0.717) is 0 Å². The molecular formula is C10H13N3O6S. The molecule has 0 saturated heterocycles. The first-order valence-electron chi connectivity index (χ1n) is 5.44. The van der Waals surface area contributed by atoms with Gasteiger partial charge in [-0.2, -0.15) is 13.1 Å². The van der Waals surface area contributed by atoms with E-state index >= 15 is 0 Å². The molecule has 110 valence electrons. The second-order valence-electron chi connectivity index (χ2n) is 4.17. The number of rotatable bonds is 6. The summed E-state index contributed by atoms with van der Waals surface area (Å²) in [4.78, 5) is 20.9. The third-order valence-electron chi connectivity index (χ3n) is 2.08. The predicted molar refractivity (Wildman–Crippen MR) is 70.9 cm³/mol. The summed E-state index contributed by atoms with van der Waals surface area (Å²) in [7, 11) is -4.02. The number of benzene rings is 1. The van der Waals surface area contributed by atoms with Gasteiger partial charge in [0.15, 0.2) is 0 Å². The molecule has 0 spiro atoms. The van der Waals surface area contributed by atoms with E-state index in [4.69, 9.17) is 5.11 Å². The standard InChI is InChI=1S/C10H13N3O6S/c1-6(2)11-20(18,19)12-9-5-7(13(16)17)3-4-8(9)10(14)15/h3-6,11-12H,1-2H3,(H,14,15). The number of anilines is 1. The molecule has 20 heavy (non-hydrogen) atoms. The van der Waals surface area contributed by atoms with Gasteiger partial charge < -0.3 is 5.11 Å². The van der Waals surface area contributed by atoms with Crippen molar-refractivity contribution in [3.8, 4) is 0 Å². The third-order valence-corrected chi connectivity index (χ3v) is 3.35. The largest absolute Gasteiger partial charge is 0.478 e. The zero-order valence-electron chi connectivity index (χ0n) is 10.7. The Morgan fingerprint density at radius 3 is 2.45 bits per heavy atom. The van der Waals surface area contributed by atoms with Crippen LogP contribution < -0.4 is 9.44 Å². The lowest BCUT2D eigenvalue weighted by atomic mass is 10.1. The third kappa shape index (κ3) is 4.17. The van der Waals surface area contributed by atoms with Gasteiger partial charge in [-0.1, -0.05) is 0 Å². The van der Waals surface area contributed by atoms with E-state index in [0.717, 1.165) is 18.2 Å². The Hall–Kier alpha value is -2.20. The monoisotopic (exact) mass is 303 g/mol. The maximum Gasteiger partial charge on any atom is 0.337 e. The molecule has 0 amide bonds. The second-order valence-corrected chi connectivity index (χ2v) is 5.62. The summed E-state index contributed by atoms with van der Waals surface area (Å²) in [5.74, 6) is -1.40. The quantitative estimate of drug-likeness (QED) is 0.528. The molecule has 0 aromatic heterocycles. The number of hydrogen-bond donors (Lipinski definition) is 3. The summed E-state index contributed by atoms with van der Waals surface area (Å²) < 4.78 is 27.5. The molecule has 0 aliphatic rings. The first kappa shape index (κ1) is 15.9. The van der Waals surface area contributed by atoms with Crippen molar-refractivity contribution in [3.05, 3.63) is 33.9 Å². The summed E-state index contributed by atoms with van der Waals surface area (Å²) in [6.07, 6.45) is 0. The van der Waals surface area contributed by atoms with Crippen LogP contribution in [0.1, 0.15) is 24.2 Å². The molecular weight excluding hydrogens is 290 g/mol. The first-order chi connectivity index (χ1) is 9.12. The van der Waals surface area contributed by atoms with Crippen LogP contribution in [0.5, 0.6) is 0 Å². The van der Waals surface area contributed by atoms with Gasteiger partial charge in [-0.15, -0.1) is 0 Å². The van der Waals surface area contributed by atoms with Crippen LogP contribution in [-0.4, -0.2) is 30.5 Å². The number of hydrogen-bond acceptors (Lipinski definition) is 5. The highest BCUT2D eigenvalue weighted by Gasteiger charge is 2.20. The van der Waals surface area contributed by atoms with Crippen molar-refractivity contribution < 1.29 is 23.2 Å². The molecule has 0 saturated carbocycles. The van der Waals surface area contributed by atoms with Gasteiger partial charge in [0.1, 0.15) is 0 Å². The zero-order chi connectivity index (χ0) is 15.5. The summed E-state index contributed by atoms with van der Waals surface area (Å²) in [6.45, 7) is 3.15. The minimum Gasteiger partial charge on any atom is -0.478 e. The number of carbonyl (C=O) groups is 1. The number of carboxylic acids is 1. The van der Waals surface area contributed by atoms with Crippen LogP contribution in [0.4, 0.5) is 11.4 Å². The lowest BCUT2D eigenvalue weighted by Crippen LogP contribution is -2.35. The van der Waals surface area contributed by atoms with Crippen molar-refractivity contribution in [2.24, 2.45) is 0 Å². The fourth-order valence-electron chi connectivity index (χ4n) is 1.40. The Bertz CT molecular complexity index is 640. The van der Waals surface area contributed by atoms with Gasteiger partial charge in [-0.25, -0.2) is 4.79 Å². The van der Waals surface area contributed by atoms with Crippen molar-refractivity contribution in [3.63, 3.8) is 0 Å². The Morgan fingerprint density at radius 1 is 1.40 bits per heavy atom. The zero-order valence-corrected chi connectivity index (χ0v) is 11.5. The minimum atomic E-state index is -4.02. The highest BCUT2D eigenvalue weighted by atomic mass is 32.2. The van der Waals surface area contributed by atoms with Gasteiger partial charge in [0, 0.05) is 18.2 Å². The Kier molecular flexibility index (Phi) is 4.63. The van der Waals surface area contributed by atoms with Crippen molar-refractivity contribution in [2.75, 3.05) is 4.72 Å². The van der Waals surface area contributed by atoms with E-state index in [9.17, 15) is 23.3 Å². The average molecular weight is 303 g/mol. The van der Waals surface area contributed by atoms with E-state index in [-0.39, 0.29) is 11.3 Å². The number of aromatic carboxylic acids is 1. The topological polar surface area (TPSA) is 139 Å². The molecule has 3 N–H and O–H groups in total. The molecule has 0 heterocycles. The van der Waals surface area contributed by atoms with Crippen LogP contribution in [0.3, 0.4) is 0 Å². The molecule has 1 aromatic carbocycles. The maximum atomic E-state index is 11.7. The van der Waals surface area contributed by atoms with E-state index < -0.39 is 32.8 Å². The Labute approximate surface area is 114 Å². The molecule has 0 fully saturated rings. The van der Waals surface area contributed by atoms with Crippen LogP contribution in [0.15, 0.2) is 18.2 Å². The van der Waals surface area contributed by atoms with Crippen LogP contribution in [0, 0.1) is 10.1 Å². The molecule has 9 nitrogen and oxygen atoms in total. The molecule has 0 unspecified atom stereocenters. The second kappa shape index (κ2) is 5.84. The van der Waals surface area contributed by atoms with E-state index in [1.54, 1.807) is 13.8 Å². The smallest absolute Gasteiger partial charge is 0.337 e. The summed E-state index contributed by atoms with van der Waals surface area (Å²) >= 11 is 0. The Morgan fingerprint density at radius 2 is 2.00 bits per heavy atom. The van der Waals surface area contributed by atoms with Gasteiger partial charge in [-0.05, 0) is 19.9 Å². The SMILES string of the molecule is CC(C)NS(=O)(=O)Nc1cc([N+](=O)[O-])ccc1C(=O)O. The predicted octanol–water partition coefficient (Wildman–Crippen LogP) is 0.948. The minimum absolute atomic E-state index is 0.375. The molecule has 1 aromatic rings. The van der Waals surface area contributed by atoms with Crippen molar-refractivity contribution in [2.45, 2.75) is 19.9 Å². The van der Waals surface area contributed by atoms with Crippen LogP contribution in [-0.2, 0) is 10.2 Å². The van der Waals surface area contributed by atoms with Crippen molar-refractivity contribution in [1.82, 2.24) is 4.72 Å². The molecule has 1 rings (SSSR count). The fraction of sp³-hybridized carbons (Fsp3) is 0.300. The van der Waals surface area contributed by atoms with Gasteiger partial charge in [0.05, 0.1) is 16.2 Å². The van der Waals surface area contributed by atoms with Gasteiger partial charge in [-0.3, -0.25) is 14.8 Å². The fourth-order valence-corrected chi connectivity index (χ4v) is 2.54. The van der Waals surface area contributed by atoms with Gasteiger partial charge >= 0.3 is 5.97 Å². The van der Waals surface area contributed by atoms with Crippen LogP contribution >= 0.6 is 0 Å². The molecule has 10 heteroatoms. The average Bonchev–Trinajstić information content (AvgIpc) is 2.25. The normalized spacial score (nSPS) is 11.3. The summed E-state index contributed by atoms with van der Waals surface area (Å²) in [5.41, 5.74) is -1.18. The van der Waals surface area contributed by atoms with Gasteiger partial charge in [0.25, 0.3) is 15.9 Å². The molecule has 0 atom stereocenters. The van der Waals surface area contributed by atoms with Crippen LogP contribution in [0.2, 0.25) is 0 Å². The lowest BCUT2D eigenvalue weighted by molar-refractivity contribution is -0.384. The number of carboxylic acid groups (broad SMARTS) is 1. The highest BCUT2D eigenvalue weighted by Crippen LogP contribution is 2.23. The summed E-state index contributed by atoms with van der Waals surface area (Å²) in [5, 5.41) is 19.6. The maximum absolute atomic E-state index is 11.7. The van der Waals surface area contributed by atoms with Crippen LogP contribution in [0.25, 0.3) is 0 Å². The number of nitro groups is 1. The number of nitro benzene ring substituents is 1. The summed E-state index contributed by atoms with van der Waals surface area (Å²) in [6, 6.07) is 2.38. The number of nitrogens with one attached hydrogen (secondary N) is 2. The van der Waals surface area contributed by atoms with E-state index in [2.05, 4.69) is 4.72 Å². The lowest BCUT2D eigenvalue weighted by Gasteiger charge is -2.13. The van der Waals surface area contributed by atoms with Crippen molar-refractivity contribution >= 4 is 27.6 Å². The molecule has 0 aliphatic carbocycles. The van der Waals surface area contributed by atoms with Gasteiger partial charge in [0.2, 0.25) is 0 Å². The first-order valence-corrected chi connectivity index (χ1v) is 6.92. The molecule has 0 bridgehead atoms. The number of nitrogens with zero attached hydrogens (tertiary/aromatic N) is 1. The van der Waals surface area contributed by atoms with Crippen molar-refractivity contribution in [1.29, 1.82) is 0 Å². The number of non-ortho nitro benzene ring substituents is 1. The molecule has 0 radical (unpaired) electrons. The van der Waals surface area contributed by atoms with E-state index in [1.807, 2.05) is 4.72 Å². The molecule has 0 aliphatic heterocycles. The Balaban J connectivity index is 3.23. The van der Waals surface area contributed by atoms with E-state index in [1.165, 1.54) is 0 Å².